The Kier molecular flexibility index (Phi) is 5.14. The highest BCUT2D eigenvalue weighted by molar-refractivity contribution is 7.89. The normalized spacial score (nSPS) is 12.2. The van der Waals surface area contributed by atoms with Gasteiger partial charge in [0, 0.05) is 5.02 Å². The highest BCUT2D eigenvalue weighted by Crippen LogP contribution is 2.13. The molecule has 19 heavy (non-hydrogen) atoms. The molecule has 0 aliphatic heterocycles. The van der Waals surface area contributed by atoms with Crippen LogP contribution in [0, 0.1) is 0 Å². The van der Waals surface area contributed by atoms with Gasteiger partial charge in [-0.2, -0.15) is 0 Å². The van der Waals surface area contributed by atoms with Gasteiger partial charge in [-0.25, -0.2) is 13.1 Å². The van der Waals surface area contributed by atoms with Gasteiger partial charge in [-0.15, -0.1) is 0 Å². The SMILES string of the molecule is C[Si](C)(C)OC(=O)CNS(=O)(=O)c1ccc(Cl)cc1. The van der Waals surface area contributed by atoms with Crippen LogP contribution in [0.15, 0.2) is 29.2 Å². The summed E-state index contributed by atoms with van der Waals surface area (Å²) in [6.07, 6.45) is 0. The molecule has 0 amide bonds. The third kappa shape index (κ3) is 5.73. The van der Waals surface area contributed by atoms with Crippen LogP contribution in [0.3, 0.4) is 0 Å². The van der Waals surface area contributed by atoms with Crippen LogP contribution in [-0.4, -0.2) is 29.2 Å². The Bertz CT molecular complexity index is 551. The summed E-state index contributed by atoms with van der Waals surface area (Å²) in [7, 11) is -5.73. The van der Waals surface area contributed by atoms with E-state index in [9.17, 15) is 13.2 Å². The number of benzene rings is 1. The van der Waals surface area contributed by atoms with Gasteiger partial charge in [-0.1, -0.05) is 11.6 Å². The molecule has 1 N–H and O–H groups in total. The smallest absolute Gasteiger partial charge is 0.307 e. The number of rotatable bonds is 5. The molecule has 0 aliphatic carbocycles. The first-order valence-corrected chi connectivity index (χ1v) is 10.8. The van der Waals surface area contributed by atoms with E-state index in [4.69, 9.17) is 16.0 Å². The first-order valence-electron chi connectivity index (χ1n) is 5.57. The molecule has 0 fully saturated rings. The first-order chi connectivity index (χ1) is 8.60. The summed E-state index contributed by atoms with van der Waals surface area (Å²) in [5, 5.41) is 0.442. The van der Waals surface area contributed by atoms with E-state index >= 15 is 0 Å². The number of hydrogen-bond acceptors (Lipinski definition) is 4. The maximum absolute atomic E-state index is 11.9. The predicted octanol–water partition coefficient (Wildman–Crippen LogP) is 2.00. The van der Waals surface area contributed by atoms with Crippen molar-refractivity contribution in [3.05, 3.63) is 29.3 Å². The van der Waals surface area contributed by atoms with E-state index in [1.54, 1.807) is 0 Å². The summed E-state index contributed by atoms with van der Waals surface area (Å²) in [6.45, 7) is 5.16. The monoisotopic (exact) mass is 321 g/mol. The lowest BCUT2D eigenvalue weighted by Gasteiger charge is -2.17. The molecule has 0 heterocycles. The topological polar surface area (TPSA) is 72.5 Å². The van der Waals surface area contributed by atoms with Gasteiger partial charge in [-0.3, -0.25) is 4.79 Å². The van der Waals surface area contributed by atoms with Crippen molar-refractivity contribution in [3.63, 3.8) is 0 Å². The standard InChI is InChI=1S/C11H16ClNO4SSi/c1-19(2,3)17-11(14)8-13-18(15,16)10-6-4-9(12)5-7-10/h4-7,13H,8H2,1-3H3. The van der Waals surface area contributed by atoms with Crippen LogP contribution in [0.2, 0.25) is 24.7 Å². The van der Waals surface area contributed by atoms with Crippen LogP contribution in [-0.2, 0) is 19.2 Å². The van der Waals surface area contributed by atoms with Crippen LogP contribution in [0.5, 0.6) is 0 Å². The van der Waals surface area contributed by atoms with Crippen molar-refractivity contribution in [3.8, 4) is 0 Å². The molecule has 1 aromatic rings. The quantitative estimate of drug-likeness (QED) is 0.842. The van der Waals surface area contributed by atoms with Gasteiger partial charge in [0.15, 0.2) is 0 Å². The fraction of sp³-hybridized carbons (Fsp3) is 0.364. The molecule has 0 unspecified atom stereocenters. The molecular formula is C11H16ClNO4SSi. The second-order valence-electron chi connectivity index (χ2n) is 4.86. The van der Waals surface area contributed by atoms with Gasteiger partial charge in [0.2, 0.25) is 18.3 Å². The average Bonchev–Trinajstić information content (AvgIpc) is 2.25. The molecule has 5 nitrogen and oxygen atoms in total. The predicted molar refractivity (Wildman–Crippen MR) is 76.1 cm³/mol. The Labute approximate surface area is 119 Å². The van der Waals surface area contributed by atoms with E-state index in [-0.39, 0.29) is 11.4 Å². The zero-order valence-electron chi connectivity index (χ0n) is 10.9. The Morgan fingerprint density at radius 3 is 2.26 bits per heavy atom. The van der Waals surface area contributed by atoms with E-state index in [1.165, 1.54) is 24.3 Å². The Morgan fingerprint density at radius 1 is 1.26 bits per heavy atom. The molecule has 1 aromatic carbocycles. The number of halogens is 1. The number of sulfonamides is 1. The maximum Gasteiger partial charge on any atom is 0.307 e. The van der Waals surface area contributed by atoms with E-state index < -0.39 is 24.3 Å². The molecule has 0 radical (unpaired) electrons. The number of carbonyl (C=O) groups excluding carboxylic acids is 1. The van der Waals surface area contributed by atoms with Gasteiger partial charge in [0.05, 0.1) is 4.90 Å². The van der Waals surface area contributed by atoms with Crippen molar-refractivity contribution in [2.75, 3.05) is 6.54 Å². The average molecular weight is 322 g/mol. The third-order valence-electron chi connectivity index (χ3n) is 1.95. The summed E-state index contributed by atoms with van der Waals surface area (Å²) in [5.41, 5.74) is 0. The molecule has 0 aromatic heterocycles. The fourth-order valence-corrected chi connectivity index (χ4v) is 3.08. The lowest BCUT2D eigenvalue weighted by Crippen LogP contribution is -2.36. The molecule has 0 saturated carbocycles. The van der Waals surface area contributed by atoms with E-state index in [2.05, 4.69) is 4.72 Å². The molecule has 0 spiro atoms. The van der Waals surface area contributed by atoms with Crippen molar-refractivity contribution in [2.24, 2.45) is 0 Å². The Morgan fingerprint density at radius 2 is 1.79 bits per heavy atom. The van der Waals surface area contributed by atoms with Crippen LogP contribution in [0.4, 0.5) is 0 Å². The minimum atomic E-state index is -3.72. The van der Waals surface area contributed by atoms with Crippen molar-refractivity contribution < 1.29 is 17.6 Å². The molecule has 0 bridgehead atoms. The number of hydrogen-bond donors (Lipinski definition) is 1. The summed E-state index contributed by atoms with van der Waals surface area (Å²) in [4.78, 5) is 11.5. The molecule has 0 saturated heterocycles. The molecular weight excluding hydrogens is 306 g/mol. The summed E-state index contributed by atoms with van der Waals surface area (Å²) in [5.74, 6) is -0.572. The molecule has 0 aliphatic rings. The van der Waals surface area contributed by atoms with E-state index in [0.717, 1.165) is 0 Å². The summed E-state index contributed by atoms with van der Waals surface area (Å²) >= 11 is 5.68. The Hall–Kier alpha value is -0.893. The minimum absolute atomic E-state index is 0.0534. The van der Waals surface area contributed by atoms with Crippen LogP contribution >= 0.6 is 11.6 Å². The molecule has 1 rings (SSSR count). The molecule has 8 heteroatoms. The second-order valence-corrected chi connectivity index (χ2v) is 11.5. The van der Waals surface area contributed by atoms with E-state index in [0.29, 0.717) is 5.02 Å². The molecule has 0 atom stereocenters. The van der Waals surface area contributed by atoms with Crippen molar-refractivity contribution in [1.29, 1.82) is 0 Å². The largest absolute Gasteiger partial charge is 0.519 e. The van der Waals surface area contributed by atoms with Gasteiger partial charge in [0.25, 0.3) is 0 Å². The fourth-order valence-electron chi connectivity index (χ4n) is 1.23. The third-order valence-corrected chi connectivity index (χ3v) is 4.46. The second kappa shape index (κ2) is 6.04. The summed E-state index contributed by atoms with van der Waals surface area (Å²) < 4.78 is 31.1. The van der Waals surface area contributed by atoms with Crippen LogP contribution < -0.4 is 4.72 Å². The lowest BCUT2D eigenvalue weighted by atomic mass is 10.4. The number of nitrogens with one attached hydrogen (secondary N) is 1. The van der Waals surface area contributed by atoms with Gasteiger partial charge in [0.1, 0.15) is 6.54 Å². The Balaban J connectivity index is 2.66. The number of carbonyl (C=O) groups is 1. The van der Waals surface area contributed by atoms with Gasteiger partial charge in [-0.05, 0) is 43.9 Å². The highest BCUT2D eigenvalue weighted by Gasteiger charge is 2.21. The molecule has 106 valence electrons. The highest BCUT2D eigenvalue weighted by atomic mass is 35.5. The van der Waals surface area contributed by atoms with Crippen molar-refractivity contribution in [1.82, 2.24) is 4.72 Å². The van der Waals surface area contributed by atoms with Crippen molar-refractivity contribution >= 4 is 35.9 Å². The minimum Gasteiger partial charge on any atom is -0.519 e. The van der Waals surface area contributed by atoms with Crippen LogP contribution in [0.25, 0.3) is 0 Å². The van der Waals surface area contributed by atoms with Gasteiger partial charge >= 0.3 is 5.97 Å². The first kappa shape index (κ1) is 16.2. The summed E-state index contributed by atoms with van der Waals surface area (Å²) in [6, 6.07) is 5.68. The zero-order valence-corrected chi connectivity index (χ0v) is 13.5. The van der Waals surface area contributed by atoms with Crippen LogP contribution in [0.1, 0.15) is 0 Å². The van der Waals surface area contributed by atoms with Gasteiger partial charge < -0.3 is 4.43 Å². The van der Waals surface area contributed by atoms with E-state index in [1.807, 2.05) is 19.6 Å². The van der Waals surface area contributed by atoms with Crippen molar-refractivity contribution in [2.45, 2.75) is 24.5 Å². The lowest BCUT2D eigenvalue weighted by molar-refractivity contribution is -0.133. The zero-order chi connectivity index (χ0) is 14.7. The maximum atomic E-state index is 11.9.